The van der Waals surface area contributed by atoms with Gasteiger partial charge in [0.05, 0.1) is 5.69 Å². The number of hydrogen-bond donors (Lipinski definition) is 0. The van der Waals surface area contributed by atoms with Gasteiger partial charge in [-0.05, 0) is 37.3 Å². The van der Waals surface area contributed by atoms with E-state index in [-0.39, 0.29) is 18.3 Å². The van der Waals surface area contributed by atoms with Crippen molar-refractivity contribution in [2.24, 2.45) is 0 Å². The van der Waals surface area contributed by atoms with E-state index in [1.54, 1.807) is 29.2 Å². The summed E-state index contributed by atoms with van der Waals surface area (Å²) in [6.07, 6.45) is 0. The van der Waals surface area contributed by atoms with Gasteiger partial charge in [-0.15, -0.1) is 0 Å². The summed E-state index contributed by atoms with van der Waals surface area (Å²) in [5, 5.41) is 0. The minimum absolute atomic E-state index is 0.00825. The van der Waals surface area contributed by atoms with Crippen molar-refractivity contribution in [2.75, 3.05) is 37.7 Å². The van der Waals surface area contributed by atoms with Gasteiger partial charge in [0.1, 0.15) is 11.6 Å². The summed E-state index contributed by atoms with van der Waals surface area (Å²) in [6, 6.07) is 13.7. The second kappa shape index (κ2) is 7.99. The van der Waals surface area contributed by atoms with Crippen LogP contribution < -0.4 is 9.64 Å². The van der Waals surface area contributed by atoms with E-state index in [4.69, 9.17) is 4.74 Å². The maximum Gasteiger partial charge on any atom is 0.260 e. The monoisotopic (exact) mass is 356 g/mol. The number of hydrogen-bond acceptors (Lipinski definition) is 4. The Morgan fingerprint density at radius 3 is 2.35 bits per heavy atom. The van der Waals surface area contributed by atoms with Gasteiger partial charge in [0.2, 0.25) is 0 Å². The molecule has 0 unspecified atom stereocenters. The number of ketones is 1. The highest BCUT2D eigenvalue weighted by Gasteiger charge is 2.23. The highest BCUT2D eigenvalue weighted by molar-refractivity contribution is 5.94. The molecule has 1 fully saturated rings. The van der Waals surface area contributed by atoms with Crippen LogP contribution in [0.3, 0.4) is 0 Å². The standard InChI is InChI=1S/C20H21FN2O3/c1-15(24)16-7-8-19(18(21)13-16)22-9-11-23(12-10-22)20(25)14-26-17-5-3-2-4-6-17/h2-8,13H,9-12,14H2,1H3. The van der Waals surface area contributed by atoms with Crippen LogP contribution in [0.25, 0.3) is 0 Å². The zero-order valence-corrected chi connectivity index (χ0v) is 14.7. The largest absolute Gasteiger partial charge is 0.484 e. The van der Waals surface area contributed by atoms with Gasteiger partial charge in [-0.2, -0.15) is 0 Å². The summed E-state index contributed by atoms with van der Waals surface area (Å²) in [7, 11) is 0. The smallest absolute Gasteiger partial charge is 0.260 e. The molecule has 2 aromatic carbocycles. The Balaban J connectivity index is 1.54. The molecule has 0 aliphatic carbocycles. The molecule has 0 atom stereocenters. The molecule has 1 heterocycles. The lowest BCUT2D eigenvalue weighted by Crippen LogP contribution is -2.50. The summed E-state index contributed by atoms with van der Waals surface area (Å²) in [6.45, 7) is 3.48. The third kappa shape index (κ3) is 4.20. The molecule has 0 spiro atoms. The molecule has 136 valence electrons. The average molecular weight is 356 g/mol. The Hall–Kier alpha value is -2.89. The number of para-hydroxylation sites is 1. The van der Waals surface area contributed by atoms with E-state index in [1.807, 2.05) is 23.1 Å². The van der Waals surface area contributed by atoms with Crippen LogP contribution in [-0.4, -0.2) is 49.4 Å². The minimum Gasteiger partial charge on any atom is -0.484 e. The van der Waals surface area contributed by atoms with Gasteiger partial charge in [-0.25, -0.2) is 4.39 Å². The first-order valence-corrected chi connectivity index (χ1v) is 8.55. The van der Waals surface area contributed by atoms with Gasteiger partial charge < -0.3 is 14.5 Å². The molecular weight excluding hydrogens is 335 g/mol. The summed E-state index contributed by atoms with van der Waals surface area (Å²) in [4.78, 5) is 27.2. The summed E-state index contributed by atoms with van der Waals surface area (Å²) >= 11 is 0. The van der Waals surface area contributed by atoms with Crippen LogP contribution in [0.2, 0.25) is 0 Å². The summed E-state index contributed by atoms with van der Waals surface area (Å²) in [5.74, 6) is 0.00203. The van der Waals surface area contributed by atoms with Crippen molar-refractivity contribution in [3.8, 4) is 5.75 Å². The van der Waals surface area contributed by atoms with Gasteiger partial charge >= 0.3 is 0 Å². The van der Waals surface area contributed by atoms with Crippen LogP contribution in [-0.2, 0) is 4.79 Å². The van der Waals surface area contributed by atoms with Crippen molar-refractivity contribution in [1.29, 1.82) is 0 Å². The van der Waals surface area contributed by atoms with E-state index in [9.17, 15) is 14.0 Å². The predicted molar refractivity (Wildman–Crippen MR) is 97.1 cm³/mol. The minimum atomic E-state index is -0.412. The van der Waals surface area contributed by atoms with Crippen LogP contribution in [0.4, 0.5) is 10.1 Å². The number of piperazine rings is 1. The highest BCUT2D eigenvalue weighted by Crippen LogP contribution is 2.22. The molecule has 1 amide bonds. The lowest BCUT2D eigenvalue weighted by atomic mass is 10.1. The Labute approximate surface area is 152 Å². The lowest BCUT2D eigenvalue weighted by Gasteiger charge is -2.36. The van der Waals surface area contributed by atoms with Crippen LogP contribution in [0.15, 0.2) is 48.5 Å². The molecule has 0 saturated carbocycles. The third-order valence-corrected chi connectivity index (χ3v) is 4.43. The van der Waals surface area contributed by atoms with E-state index < -0.39 is 5.82 Å². The van der Waals surface area contributed by atoms with Gasteiger partial charge in [-0.1, -0.05) is 18.2 Å². The number of nitrogens with zero attached hydrogens (tertiary/aromatic N) is 2. The highest BCUT2D eigenvalue weighted by atomic mass is 19.1. The number of ether oxygens (including phenoxy) is 1. The summed E-state index contributed by atoms with van der Waals surface area (Å²) in [5.41, 5.74) is 0.820. The molecule has 3 rings (SSSR count). The summed E-state index contributed by atoms with van der Waals surface area (Å²) < 4.78 is 19.8. The fourth-order valence-corrected chi connectivity index (χ4v) is 2.93. The SMILES string of the molecule is CC(=O)c1ccc(N2CCN(C(=O)COc3ccccc3)CC2)c(F)c1. The van der Waals surface area contributed by atoms with Crippen LogP contribution in [0, 0.1) is 5.82 Å². The van der Waals surface area contributed by atoms with Gasteiger partial charge in [0.15, 0.2) is 12.4 Å². The Morgan fingerprint density at radius 2 is 1.73 bits per heavy atom. The van der Waals surface area contributed by atoms with Gasteiger partial charge in [0.25, 0.3) is 5.91 Å². The van der Waals surface area contributed by atoms with Crippen molar-refractivity contribution in [3.63, 3.8) is 0 Å². The first-order valence-electron chi connectivity index (χ1n) is 8.55. The molecule has 0 bridgehead atoms. The number of rotatable bonds is 5. The number of Topliss-reactive ketones (excluding diaryl/α,β-unsaturated/α-hetero) is 1. The predicted octanol–water partition coefficient (Wildman–Crippen LogP) is 2.76. The number of carbonyl (C=O) groups excluding carboxylic acids is 2. The van der Waals surface area contributed by atoms with Crippen LogP contribution >= 0.6 is 0 Å². The molecule has 1 saturated heterocycles. The van der Waals surface area contributed by atoms with Crippen molar-refractivity contribution < 1.29 is 18.7 Å². The molecule has 0 radical (unpaired) electrons. The van der Waals surface area contributed by atoms with E-state index in [1.165, 1.54) is 13.0 Å². The topological polar surface area (TPSA) is 49.9 Å². The molecule has 1 aliphatic heterocycles. The van der Waals surface area contributed by atoms with Crippen molar-refractivity contribution in [2.45, 2.75) is 6.92 Å². The zero-order chi connectivity index (χ0) is 18.5. The molecule has 0 N–H and O–H groups in total. The number of benzene rings is 2. The molecule has 1 aliphatic rings. The van der Waals surface area contributed by atoms with E-state index in [2.05, 4.69) is 0 Å². The molecular formula is C20H21FN2O3. The fourth-order valence-electron chi connectivity index (χ4n) is 2.93. The van der Waals surface area contributed by atoms with Crippen LogP contribution in [0.1, 0.15) is 17.3 Å². The molecule has 0 aromatic heterocycles. The molecule has 6 heteroatoms. The van der Waals surface area contributed by atoms with Crippen molar-refractivity contribution >= 4 is 17.4 Å². The van der Waals surface area contributed by atoms with Gasteiger partial charge in [0, 0.05) is 31.7 Å². The first-order chi connectivity index (χ1) is 12.5. The van der Waals surface area contributed by atoms with E-state index >= 15 is 0 Å². The van der Waals surface area contributed by atoms with Gasteiger partial charge in [-0.3, -0.25) is 9.59 Å². The maximum atomic E-state index is 14.3. The lowest BCUT2D eigenvalue weighted by molar-refractivity contribution is -0.133. The fraction of sp³-hybridized carbons (Fsp3) is 0.300. The van der Waals surface area contributed by atoms with E-state index in [0.717, 1.165) is 0 Å². The second-order valence-corrected chi connectivity index (χ2v) is 6.19. The normalized spacial score (nSPS) is 14.2. The third-order valence-electron chi connectivity index (χ3n) is 4.43. The van der Waals surface area contributed by atoms with Crippen LogP contribution in [0.5, 0.6) is 5.75 Å². The molecule has 2 aromatic rings. The first kappa shape index (κ1) is 17.9. The number of halogens is 1. The maximum absolute atomic E-state index is 14.3. The number of anilines is 1. The Morgan fingerprint density at radius 1 is 1.04 bits per heavy atom. The Bertz CT molecular complexity index is 787. The number of carbonyl (C=O) groups is 2. The molecule has 26 heavy (non-hydrogen) atoms. The quantitative estimate of drug-likeness (QED) is 0.773. The van der Waals surface area contributed by atoms with Crippen molar-refractivity contribution in [3.05, 3.63) is 59.9 Å². The zero-order valence-electron chi connectivity index (χ0n) is 14.7. The van der Waals surface area contributed by atoms with E-state index in [0.29, 0.717) is 43.2 Å². The number of amides is 1. The molecule has 5 nitrogen and oxygen atoms in total. The Kier molecular flexibility index (Phi) is 5.51. The average Bonchev–Trinajstić information content (AvgIpc) is 2.67. The second-order valence-electron chi connectivity index (χ2n) is 6.19. The van der Waals surface area contributed by atoms with Crippen molar-refractivity contribution in [1.82, 2.24) is 4.90 Å².